The molecule has 2 aliphatic heterocycles. The first kappa shape index (κ1) is 20.6. The van der Waals surface area contributed by atoms with E-state index >= 15 is 0 Å². The summed E-state index contributed by atoms with van der Waals surface area (Å²) in [5.74, 6) is 0. The van der Waals surface area contributed by atoms with Crippen LogP contribution in [0.3, 0.4) is 0 Å². The van der Waals surface area contributed by atoms with E-state index in [-0.39, 0.29) is 10.4 Å². The lowest BCUT2D eigenvalue weighted by atomic mass is 9.81. The van der Waals surface area contributed by atoms with Crippen LogP contribution in [-0.2, 0) is 15.6 Å². The van der Waals surface area contributed by atoms with Gasteiger partial charge in [0.05, 0.1) is 21.8 Å². The van der Waals surface area contributed by atoms with Crippen molar-refractivity contribution < 1.29 is 8.42 Å². The van der Waals surface area contributed by atoms with Crippen molar-refractivity contribution in [3.8, 4) is 5.69 Å². The fourth-order valence-electron chi connectivity index (χ4n) is 5.26. The van der Waals surface area contributed by atoms with Crippen LogP contribution in [-0.4, -0.2) is 36.9 Å². The molecule has 5 nitrogen and oxygen atoms in total. The zero-order chi connectivity index (χ0) is 21.8. The predicted molar refractivity (Wildman–Crippen MR) is 125 cm³/mol. The van der Waals surface area contributed by atoms with E-state index in [4.69, 9.17) is 11.6 Å². The molecule has 2 aliphatic rings. The number of aryl methyl sites for hydroxylation is 1. The molecule has 1 aromatic heterocycles. The summed E-state index contributed by atoms with van der Waals surface area (Å²) in [5, 5.41) is 0.434. The third kappa shape index (κ3) is 3.12. The number of sulfonamides is 1. The van der Waals surface area contributed by atoms with E-state index < -0.39 is 10.0 Å². The maximum atomic E-state index is 13.2. The van der Waals surface area contributed by atoms with Crippen LogP contribution in [0.4, 0.5) is 5.69 Å². The SMILES string of the molecule is CCN1c2cc(C)ccc2-n2cccc2C12CCN(S(=O)(=O)c1cccc(Cl)c1)CC2. The fraction of sp³-hybridized carbons (Fsp3) is 0.333. The molecule has 162 valence electrons. The molecule has 3 heterocycles. The minimum atomic E-state index is -3.57. The smallest absolute Gasteiger partial charge is 0.243 e. The molecule has 0 radical (unpaired) electrons. The van der Waals surface area contributed by atoms with E-state index in [2.05, 4.69) is 59.8 Å². The van der Waals surface area contributed by atoms with Gasteiger partial charge in [0.1, 0.15) is 0 Å². The summed E-state index contributed by atoms with van der Waals surface area (Å²) in [4.78, 5) is 2.74. The molecule has 0 bridgehead atoms. The van der Waals surface area contributed by atoms with Crippen molar-refractivity contribution in [1.82, 2.24) is 8.87 Å². The number of hydrogen-bond acceptors (Lipinski definition) is 3. The van der Waals surface area contributed by atoms with E-state index in [1.165, 1.54) is 28.7 Å². The summed E-state index contributed by atoms with van der Waals surface area (Å²) in [6.45, 7) is 6.10. The molecule has 0 saturated carbocycles. The van der Waals surface area contributed by atoms with Crippen LogP contribution in [0.2, 0.25) is 5.02 Å². The number of rotatable bonds is 3. The van der Waals surface area contributed by atoms with Crippen LogP contribution in [0, 0.1) is 6.92 Å². The zero-order valence-corrected chi connectivity index (χ0v) is 19.3. The lowest BCUT2D eigenvalue weighted by Gasteiger charge is -2.52. The number of benzene rings is 2. The first-order chi connectivity index (χ1) is 14.9. The second-order valence-corrected chi connectivity index (χ2v) is 10.8. The number of fused-ring (bicyclic) bond motifs is 4. The Hall–Kier alpha value is -2.28. The Morgan fingerprint density at radius 1 is 1.00 bits per heavy atom. The van der Waals surface area contributed by atoms with Gasteiger partial charge in [0, 0.05) is 36.5 Å². The number of halogens is 1. The zero-order valence-electron chi connectivity index (χ0n) is 17.8. The van der Waals surface area contributed by atoms with Crippen LogP contribution in [0.15, 0.2) is 65.7 Å². The van der Waals surface area contributed by atoms with Crippen molar-refractivity contribution in [2.75, 3.05) is 24.5 Å². The number of piperidine rings is 1. The van der Waals surface area contributed by atoms with Crippen LogP contribution in [0.5, 0.6) is 0 Å². The number of nitrogens with zero attached hydrogens (tertiary/aromatic N) is 3. The maximum absolute atomic E-state index is 13.2. The highest BCUT2D eigenvalue weighted by atomic mass is 35.5. The third-order valence-electron chi connectivity index (χ3n) is 6.72. The Balaban J connectivity index is 1.52. The highest BCUT2D eigenvalue weighted by Gasteiger charge is 2.47. The molecule has 31 heavy (non-hydrogen) atoms. The van der Waals surface area contributed by atoms with Gasteiger partial charge >= 0.3 is 0 Å². The summed E-state index contributed by atoms with van der Waals surface area (Å²) in [5.41, 5.74) is 4.65. The quantitative estimate of drug-likeness (QED) is 0.560. The number of aromatic nitrogens is 1. The lowest BCUT2D eigenvalue weighted by Crippen LogP contribution is -2.56. The van der Waals surface area contributed by atoms with Crippen LogP contribution >= 0.6 is 11.6 Å². The molecule has 2 aromatic carbocycles. The second-order valence-electron chi connectivity index (χ2n) is 8.39. The van der Waals surface area contributed by atoms with Crippen molar-refractivity contribution >= 4 is 27.3 Å². The Morgan fingerprint density at radius 2 is 1.77 bits per heavy atom. The van der Waals surface area contributed by atoms with Crippen molar-refractivity contribution in [2.24, 2.45) is 0 Å². The number of anilines is 1. The Bertz CT molecular complexity index is 1240. The second kappa shape index (κ2) is 7.40. The van der Waals surface area contributed by atoms with Gasteiger partial charge in [-0.05, 0) is 74.7 Å². The van der Waals surface area contributed by atoms with E-state index in [1.54, 1.807) is 22.5 Å². The first-order valence-electron chi connectivity index (χ1n) is 10.7. The minimum absolute atomic E-state index is 0.223. The van der Waals surface area contributed by atoms with Crippen LogP contribution in [0.1, 0.15) is 31.0 Å². The van der Waals surface area contributed by atoms with Crippen LogP contribution < -0.4 is 4.90 Å². The van der Waals surface area contributed by atoms with E-state index in [0.717, 1.165) is 19.4 Å². The highest BCUT2D eigenvalue weighted by Crippen LogP contribution is 2.48. The normalized spacial score (nSPS) is 18.1. The topological polar surface area (TPSA) is 45.5 Å². The van der Waals surface area contributed by atoms with Gasteiger partial charge in [-0.2, -0.15) is 4.31 Å². The molecular formula is C24H26ClN3O2S. The standard InChI is InChI=1S/C24H26ClN3O2S/c1-3-28-22-16-18(2)9-10-21(22)27-13-5-8-23(27)24(28)11-14-26(15-12-24)31(29,30)20-7-4-6-19(25)17-20/h4-10,13,16-17H,3,11-12,14-15H2,1-2H3. The molecule has 5 rings (SSSR count). The van der Waals surface area contributed by atoms with Crippen LogP contribution in [0.25, 0.3) is 5.69 Å². The monoisotopic (exact) mass is 455 g/mol. The molecule has 1 spiro atoms. The molecule has 0 atom stereocenters. The minimum Gasteiger partial charge on any atom is -0.359 e. The van der Waals surface area contributed by atoms with Gasteiger partial charge in [0.2, 0.25) is 10.0 Å². The van der Waals surface area contributed by atoms with Gasteiger partial charge in [0.15, 0.2) is 0 Å². The van der Waals surface area contributed by atoms with Crippen molar-refractivity contribution in [3.05, 3.63) is 77.1 Å². The van der Waals surface area contributed by atoms with Gasteiger partial charge in [-0.15, -0.1) is 0 Å². The number of hydrogen-bond donors (Lipinski definition) is 0. The van der Waals surface area contributed by atoms with Gasteiger partial charge < -0.3 is 9.47 Å². The van der Waals surface area contributed by atoms with Crippen molar-refractivity contribution in [3.63, 3.8) is 0 Å². The van der Waals surface area contributed by atoms with Gasteiger partial charge in [-0.1, -0.05) is 23.7 Å². The summed E-state index contributed by atoms with van der Waals surface area (Å²) in [6.07, 6.45) is 3.59. The van der Waals surface area contributed by atoms with Crippen molar-refractivity contribution in [1.29, 1.82) is 0 Å². The molecule has 0 unspecified atom stereocenters. The predicted octanol–water partition coefficient (Wildman–Crippen LogP) is 4.96. The molecule has 0 N–H and O–H groups in total. The first-order valence-corrected chi connectivity index (χ1v) is 12.5. The van der Waals surface area contributed by atoms with Gasteiger partial charge in [-0.25, -0.2) is 8.42 Å². The largest absolute Gasteiger partial charge is 0.359 e. The third-order valence-corrected chi connectivity index (χ3v) is 8.85. The molecular weight excluding hydrogens is 430 g/mol. The fourth-order valence-corrected chi connectivity index (χ4v) is 7.01. The summed E-state index contributed by atoms with van der Waals surface area (Å²) >= 11 is 6.06. The molecule has 0 aliphatic carbocycles. The Morgan fingerprint density at radius 3 is 2.48 bits per heavy atom. The lowest BCUT2D eigenvalue weighted by molar-refractivity contribution is 0.215. The summed E-state index contributed by atoms with van der Waals surface area (Å²) in [7, 11) is -3.57. The molecule has 1 saturated heterocycles. The molecule has 1 fully saturated rings. The van der Waals surface area contributed by atoms with E-state index in [1.807, 2.05) is 0 Å². The molecule has 3 aromatic rings. The van der Waals surface area contributed by atoms with E-state index in [0.29, 0.717) is 18.1 Å². The highest BCUT2D eigenvalue weighted by molar-refractivity contribution is 7.89. The maximum Gasteiger partial charge on any atom is 0.243 e. The van der Waals surface area contributed by atoms with Crippen molar-refractivity contribution in [2.45, 2.75) is 37.1 Å². The summed E-state index contributed by atoms with van der Waals surface area (Å²) < 4.78 is 30.4. The van der Waals surface area contributed by atoms with Gasteiger partial charge in [-0.3, -0.25) is 0 Å². The van der Waals surface area contributed by atoms with E-state index in [9.17, 15) is 8.42 Å². The summed E-state index contributed by atoms with van der Waals surface area (Å²) in [6, 6.07) is 17.4. The Kier molecular flexibility index (Phi) is 4.92. The average Bonchev–Trinajstić information content (AvgIpc) is 3.25. The van der Waals surface area contributed by atoms with Gasteiger partial charge in [0.25, 0.3) is 0 Å². The molecule has 7 heteroatoms. The Labute approximate surface area is 188 Å². The average molecular weight is 456 g/mol. The molecule has 0 amide bonds.